The Bertz CT molecular complexity index is 2870. The van der Waals surface area contributed by atoms with Gasteiger partial charge in [-0.3, -0.25) is 24.2 Å². The first-order valence-corrected chi connectivity index (χ1v) is 23.8. The van der Waals surface area contributed by atoms with Crippen molar-refractivity contribution in [2.45, 2.75) is 102 Å². The molecule has 3 aromatic heterocycles. The second-order valence-electron chi connectivity index (χ2n) is 19.4. The average molecular weight is 909 g/mol. The van der Waals surface area contributed by atoms with Crippen LogP contribution in [0.3, 0.4) is 0 Å². The van der Waals surface area contributed by atoms with E-state index in [-0.39, 0.29) is 30.0 Å². The van der Waals surface area contributed by atoms with Gasteiger partial charge in [-0.1, -0.05) is 38.5 Å². The number of nitrogens with one attached hydrogen (secondary N) is 1. The van der Waals surface area contributed by atoms with Gasteiger partial charge in [0.25, 0.3) is 18.2 Å². The van der Waals surface area contributed by atoms with E-state index in [0.717, 1.165) is 85.4 Å². The van der Waals surface area contributed by atoms with Crippen LogP contribution < -0.4 is 26.7 Å². The summed E-state index contributed by atoms with van der Waals surface area (Å²) in [4.78, 5) is 39.8. The number of alkyl halides is 2. The number of aromatic nitrogens is 4. The van der Waals surface area contributed by atoms with Gasteiger partial charge in [0.2, 0.25) is 0 Å². The first-order chi connectivity index (χ1) is 32.4. The zero-order chi connectivity index (χ0) is 46.2. The van der Waals surface area contributed by atoms with E-state index in [2.05, 4.69) is 45.0 Å². The first-order valence-electron chi connectivity index (χ1n) is 23.8. The van der Waals surface area contributed by atoms with Crippen LogP contribution in [0.5, 0.6) is 0 Å². The number of fused-ring (bicyclic) bond motifs is 4. The molecule has 67 heavy (non-hydrogen) atoms. The lowest BCUT2D eigenvalue weighted by atomic mass is 9.91. The van der Waals surface area contributed by atoms with Crippen molar-refractivity contribution in [1.29, 1.82) is 0 Å². The Morgan fingerprint density at radius 3 is 2.58 bits per heavy atom. The number of carbonyl (C=O) groups is 2. The summed E-state index contributed by atoms with van der Waals surface area (Å²) in [6.45, 7) is 11.8. The van der Waals surface area contributed by atoms with Gasteiger partial charge < -0.3 is 35.3 Å². The number of imide groups is 1. The zero-order valence-corrected chi connectivity index (χ0v) is 38.1. The van der Waals surface area contributed by atoms with Gasteiger partial charge in [0.15, 0.2) is 5.82 Å². The maximum absolute atomic E-state index is 15.5. The molecule has 2 saturated heterocycles. The quantitative estimate of drug-likeness (QED) is 0.0721. The third kappa shape index (κ3) is 7.44. The monoisotopic (exact) mass is 908 g/mol. The maximum Gasteiger partial charge on any atom is 0.264 e. The minimum Gasteiger partial charge on any atom is -0.399 e. The number of piperidine rings is 1. The summed E-state index contributed by atoms with van der Waals surface area (Å²) in [5, 5.41) is 10.8. The van der Waals surface area contributed by atoms with Crippen LogP contribution in [0.4, 0.5) is 26.0 Å². The Morgan fingerprint density at radius 1 is 0.970 bits per heavy atom. The molecule has 0 bridgehead atoms. The number of carbonyl (C=O) groups excluding carboxylic acids is 2. The third-order valence-corrected chi connectivity index (χ3v) is 15.0. The third-order valence-electron chi connectivity index (χ3n) is 15.0. The van der Waals surface area contributed by atoms with Gasteiger partial charge in [0.1, 0.15) is 0 Å². The van der Waals surface area contributed by atoms with E-state index in [1.165, 1.54) is 35.4 Å². The number of hydrogen-bond acceptors (Lipinski definition) is 11. The Labute approximate surface area is 389 Å². The highest BCUT2D eigenvalue weighted by atomic mass is 19.3. The molecule has 0 spiro atoms. The molecule has 1 atom stereocenters. The van der Waals surface area contributed by atoms with Crippen molar-refractivity contribution in [3.05, 3.63) is 125 Å². The van der Waals surface area contributed by atoms with Gasteiger partial charge in [-0.2, -0.15) is 5.10 Å². The molecule has 3 fully saturated rings. The van der Waals surface area contributed by atoms with Gasteiger partial charge in [0, 0.05) is 114 Å². The predicted octanol–water partition coefficient (Wildman–Crippen LogP) is 7.65. The molecule has 1 unspecified atom stereocenters. The number of allylic oxidation sites excluding steroid dienone is 2. The van der Waals surface area contributed by atoms with E-state index in [0.29, 0.717) is 71.3 Å². The maximum atomic E-state index is 15.5. The molecular formula is C51H58F2N12O2. The highest BCUT2D eigenvalue weighted by molar-refractivity contribution is 6.24. The Hall–Kier alpha value is -6.52. The molecule has 0 radical (unpaired) electrons. The zero-order valence-electron chi connectivity index (χ0n) is 38.1. The summed E-state index contributed by atoms with van der Waals surface area (Å²) < 4.78 is 35.2. The molecule has 11 rings (SSSR count). The number of benzene rings is 2. The second kappa shape index (κ2) is 17.0. The fourth-order valence-electron chi connectivity index (χ4n) is 11.5. The smallest absolute Gasteiger partial charge is 0.264 e. The number of likely N-dealkylation sites (N-methyl/N-ethyl adjacent to an activating group) is 1. The van der Waals surface area contributed by atoms with E-state index in [1.54, 1.807) is 41.8 Å². The first kappa shape index (κ1) is 43.1. The number of amides is 2. The fraction of sp³-hybridized carbons (Fsp3) is 0.412. The van der Waals surface area contributed by atoms with Crippen LogP contribution in [0.1, 0.15) is 107 Å². The molecule has 2 amide bonds. The minimum atomic E-state index is -2.72. The number of halogens is 2. The number of nitrogens with zero attached hydrogens (tertiary/aromatic N) is 9. The number of aryl methyl sites for hydroxylation is 1. The fourth-order valence-corrected chi connectivity index (χ4v) is 11.5. The van der Waals surface area contributed by atoms with Crippen molar-refractivity contribution in [1.82, 2.24) is 39.5 Å². The topological polar surface area (TPSA) is 150 Å². The highest BCUT2D eigenvalue weighted by Gasteiger charge is 2.45. The van der Waals surface area contributed by atoms with E-state index < -0.39 is 12.5 Å². The highest BCUT2D eigenvalue weighted by Crippen LogP contribution is 2.46. The Morgan fingerprint density at radius 2 is 1.79 bits per heavy atom. The lowest BCUT2D eigenvalue weighted by molar-refractivity contribution is 0.0592. The van der Waals surface area contributed by atoms with Crippen molar-refractivity contribution in [2.24, 2.45) is 11.6 Å². The van der Waals surface area contributed by atoms with Crippen LogP contribution in [0, 0.1) is 0 Å². The number of hydrazine groups is 1. The number of pyridine rings is 1. The second-order valence-corrected chi connectivity index (χ2v) is 19.4. The normalized spacial score (nSPS) is 20.7. The van der Waals surface area contributed by atoms with E-state index in [9.17, 15) is 9.59 Å². The summed E-state index contributed by atoms with van der Waals surface area (Å²) in [5.74, 6) is 6.89. The van der Waals surface area contributed by atoms with Crippen molar-refractivity contribution in [3.8, 4) is 11.1 Å². The van der Waals surface area contributed by atoms with Crippen molar-refractivity contribution >= 4 is 39.9 Å². The predicted molar refractivity (Wildman–Crippen MR) is 256 cm³/mol. The minimum absolute atomic E-state index is 0.0250. The molecule has 1 aliphatic carbocycles. The molecule has 8 heterocycles. The Kier molecular flexibility index (Phi) is 10.9. The summed E-state index contributed by atoms with van der Waals surface area (Å²) in [6.07, 6.45) is 14.1. The summed E-state index contributed by atoms with van der Waals surface area (Å²) >= 11 is 0. The summed E-state index contributed by atoms with van der Waals surface area (Å²) in [6, 6.07) is 10.7. The van der Waals surface area contributed by atoms with E-state index in [4.69, 9.17) is 16.7 Å². The molecular weight excluding hydrogens is 851 g/mol. The van der Waals surface area contributed by atoms with Crippen molar-refractivity contribution in [2.75, 3.05) is 43.0 Å². The molecule has 5 aliphatic heterocycles. The van der Waals surface area contributed by atoms with Crippen LogP contribution in [0.25, 0.3) is 22.0 Å². The lowest BCUT2D eigenvalue weighted by Crippen LogP contribution is -2.60. The van der Waals surface area contributed by atoms with Gasteiger partial charge in [-0.15, -0.1) is 0 Å². The Balaban J connectivity index is 0.836. The number of rotatable bonds is 10. The van der Waals surface area contributed by atoms with Gasteiger partial charge >= 0.3 is 0 Å². The van der Waals surface area contributed by atoms with Crippen LogP contribution in [-0.4, -0.2) is 91.3 Å². The van der Waals surface area contributed by atoms with Gasteiger partial charge in [0.05, 0.1) is 47.0 Å². The van der Waals surface area contributed by atoms with Crippen molar-refractivity contribution < 1.29 is 18.4 Å². The average Bonchev–Trinajstić information content (AvgIpc) is 3.94. The molecule has 16 heteroatoms. The summed E-state index contributed by atoms with van der Waals surface area (Å²) in [5.41, 5.74) is 16.4. The van der Waals surface area contributed by atoms with Crippen molar-refractivity contribution in [3.63, 3.8) is 0 Å². The largest absolute Gasteiger partial charge is 0.399 e. The van der Waals surface area contributed by atoms with Crippen LogP contribution >= 0.6 is 0 Å². The number of nitrogens with two attached hydrogens (primary N) is 2. The molecule has 5 aromatic rings. The lowest BCUT2D eigenvalue weighted by Gasteiger charge is -2.45. The van der Waals surface area contributed by atoms with Crippen LogP contribution in [-0.2, 0) is 25.9 Å². The van der Waals surface area contributed by atoms with E-state index >= 15 is 8.78 Å². The summed E-state index contributed by atoms with van der Waals surface area (Å²) in [7, 11) is 2.14. The standard InChI is InChI=1S/C51H58F2N12O2/c1-30-14-15-42(31(2)57-30)64-50(66)36-12-7-13-45(47(36)51(64)67)61-26-35(27-61)63(55)25-33(54)24-60-29-40(39-23-56-18-16-43(39)60)37-21-32-9-8-19-62(46(32)22-38(37)48(52)53)49-41-28-59(3)20-17-44(41)65(58-49)34-10-5-4-6-11-34/h7,12-13,16,18,21-23,25,29,34-35,42,48,57H,1-2,4-6,8-11,14-15,17,19-20,24,26-28,54-55H2,3H3/b33-25-. The number of hydrogen-bond donors (Lipinski definition) is 3. The van der Waals surface area contributed by atoms with Crippen LogP contribution in [0.15, 0.2) is 91.4 Å². The number of anilines is 3. The molecule has 1 saturated carbocycles. The SMILES string of the molecule is C=C1CCC(N2C(=O)c3cccc(N4CC(N(N)/C=C(\N)Cn5cc(-c6cc7c(cc6C(F)F)N(c6nn(C8CCCCC8)c8c6CN(C)CC8)CCC7)c6cnccc65)C4)c3C2=O)C(=C)N1. The molecule has 6 aliphatic rings. The van der Waals surface area contributed by atoms with Gasteiger partial charge in [-0.25, -0.2) is 14.6 Å². The molecule has 14 nitrogen and oxygen atoms in total. The molecule has 2 aromatic carbocycles. The van der Waals surface area contributed by atoms with E-state index in [1.807, 2.05) is 33.9 Å². The van der Waals surface area contributed by atoms with Gasteiger partial charge in [-0.05, 0) is 87.0 Å². The molecule has 5 N–H and O–H groups in total. The van der Waals surface area contributed by atoms with Crippen LogP contribution in [0.2, 0.25) is 0 Å². The molecule has 348 valence electrons.